The van der Waals surface area contributed by atoms with E-state index in [2.05, 4.69) is 42.1 Å². The third-order valence-corrected chi connectivity index (χ3v) is 7.54. The molecule has 1 amide bonds. The minimum atomic E-state index is -0.767. The van der Waals surface area contributed by atoms with Gasteiger partial charge >= 0.3 is 0 Å². The first-order valence-electron chi connectivity index (χ1n) is 10.6. The molecule has 0 radical (unpaired) electrons. The van der Waals surface area contributed by atoms with E-state index < -0.39 is 5.54 Å². The SMILES string of the molecule is C[C@@](C#N)(NC(=O)CSc1nnc(-c2ccc(Br)cc2)n1C1CCCCC1)C1CC1. The maximum Gasteiger partial charge on any atom is 0.231 e. The van der Waals surface area contributed by atoms with E-state index in [1.54, 1.807) is 0 Å². The predicted octanol–water partition coefficient (Wildman–Crippen LogP) is 5.11. The van der Waals surface area contributed by atoms with E-state index in [1.165, 1.54) is 31.0 Å². The summed E-state index contributed by atoms with van der Waals surface area (Å²) in [5, 5.41) is 22.1. The van der Waals surface area contributed by atoms with Crippen LogP contribution in [0.5, 0.6) is 0 Å². The van der Waals surface area contributed by atoms with Crippen LogP contribution in [0.1, 0.15) is 57.9 Å². The Labute approximate surface area is 190 Å². The molecule has 1 aromatic heterocycles. The Hall–Kier alpha value is -1.85. The van der Waals surface area contributed by atoms with Crippen molar-refractivity contribution in [2.75, 3.05) is 5.75 Å². The molecule has 2 fully saturated rings. The number of halogens is 1. The number of rotatable bonds is 7. The Morgan fingerprint density at radius 3 is 2.57 bits per heavy atom. The molecule has 158 valence electrons. The molecule has 2 aliphatic rings. The van der Waals surface area contributed by atoms with Crippen LogP contribution in [0.2, 0.25) is 0 Å². The van der Waals surface area contributed by atoms with Crippen LogP contribution in [0.25, 0.3) is 11.4 Å². The number of nitrogens with zero attached hydrogens (tertiary/aromatic N) is 4. The second kappa shape index (κ2) is 9.11. The van der Waals surface area contributed by atoms with E-state index in [4.69, 9.17) is 0 Å². The van der Waals surface area contributed by atoms with Crippen LogP contribution in [0.3, 0.4) is 0 Å². The standard InChI is InChI=1S/C22H26BrN5OS/c1-22(14-24,16-9-10-16)25-19(29)13-30-21-27-26-20(15-7-11-17(23)12-8-15)28(21)18-5-3-2-4-6-18/h7-8,11-12,16,18H,2-6,9-10,13H2,1H3,(H,25,29)/t22-/m0/s1. The Balaban J connectivity index is 1.53. The van der Waals surface area contributed by atoms with E-state index >= 15 is 0 Å². The van der Waals surface area contributed by atoms with Crippen molar-refractivity contribution in [2.24, 2.45) is 5.92 Å². The number of hydrogen-bond donors (Lipinski definition) is 1. The van der Waals surface area contributed by atoms with Gasteiger partial charge in [0, 0.05) is 16.1 Å². The Morgan fingerprint density at radius 2 is 1.93 bits per heavy atom. The minimum Gasteiger partial charge on any atom is -0.337 e. The number of carbonyl (C=O) groups excluding carboxylic acids is 1. The molecule has 4 rings (SSSR count). The predicted molar refractivity (Wildman–Crippen MR) is 121 cm³/mol. The summed E-state index contributed by atoms with van der Waals surface area (Å²) in [7, 11) is 0. The van der Waals surface area contributed by atoms with Gasteiger partial charge in [-0.3, -0.25) is 9.36 Å². The summed E-state index contributed by atoms with van der Waals surface area (Å²) >= 11 is 4.90. The smallest absolute Gasteiger partial charge is 0.231 e. The third kappa shape index (κ3) is 4.73. The molecule has 0 spiro atoms. The molecule has 0 aliphatic heterocycles. The summed E-state index contributed by atoms with van der Waals surface area (Å²) in [4.78, 5) is 12.6. The Morgan fingerprint density at radius 1 is 1.23 bits per heavy atom. The average molecular weight is 488 g/mol. The topological polar surface area (TPSA) is 83.6 Å². The van der Waals surface area contributed by atoms with Gasteiger partial charge in [-0.25, -0.2) is 0 Å². The van der Waals surface area contributed by atoms with Crippen LogP contribution in [0.15, 0.2) is 33.9 Å². The van der Waals surface area contributed by atoms with Crippen LogP contribution in [-0.2, 0) is 4.79 Å². The number of nitrogens with one attached hydrogen (secondary N) is 1. The third-order valence-electron chi connectivity index (χ3n) is 6.06. The van der Waals surface area contributed by atoms with Crippen molar-refractivity contribution < 1.29 is 4.79 Å². The Kier molecular flexibility index (Phi) is 6.49. The van der Waals surface area contributed by atoms with Gasteiger partial charge < -0.3 is 5.32 Å². The fraction of sp³-hybridized carbons (Fsp3) is 0.545. The molecule has 2 aliphatic carbocycles. The molecule has 1 aromatic carbocycles. The highest BCUT2D eigenvalue weighted by atomic mass is 79.9. The van der Waals surface area contributed by atoms with Gasteiger partial charge in [0.2, 0.25) is 5.91 Å². The first kappa shape index (κ1) is 21.4. The molecule has 2 saturated carbocycles. The molecular formula is C22H26BrN5OS. The van der Waals surface area contributed by atoms with E-state index in [1.807, 2.05) is 31.2 Å². The zero-order valence-electron chi connectivity index (χ0n) is 17.1. The highest BCUT2D eigenvalue weighted by molar-refractivity contribution is 9.10. The van der Waals surface area contributed by atoms with Gasteiger partial charge in [0.1, 0.15) is 5.54 Å². The quantitative estimate of drug-likeness (QED) is 0.548. The Bertz CT molecular complexity index is 943. The van der Waals surface area contributed by atoms with Crippen molar-refractivity contribution in [3.8, 4) is 17.5 Å². The molecule has 30 heavy (non-hydrogen) atoms. The highest BCUT2D eigenvalue weighted by Crippen LogP contribution is 2.39. The van der Waals surface area contributed by atoms with Gasteiger partial charge in [0.25, 0.3) is 0 Å². The van der Waals surface area contributed by atoms with E-state index in [9.17, 15) is 10.1 Å². The monoisotopic (exact) mass is 487 g/mol. The normalized spacial score (nSPS) is 19.1. The number of nitriles is 1. The van der Waals surface area contributed by atoms with Crippen LogP contribution < -0.4 is 5.32 Å². The van der Waals surface area contributed by atoms with Crippen LogP contribution in [-0.4, -0.2) is 32.0 Å². The van der Waals surface area contributed by atoms with Crippen molar-refractivity contribution >= 4 is 33.6 Å². The lowest BCUT2D eigenvalue weighted by Gasteiger charge is -2.26. The molecule has 6 nitrogen and oxygen atoms in total. The van der Waals surface area contributed by atoms with Gasteiger partial charge in [0.05, 0.1) is 11.8 Å². The molecule has 8 heteroatoms. The van der Waals surface area contributed by atoms with Crippen LogP contribution in [0.4, 0.5) is 0 Å². The lowest BCUT2D eigenvalue weighted by Crippen LogP contribution is -2.47. The second-order valence-electron chi connectivity index (χ2n) is 8.40. The molecule has 1 N–H and O–H groups in total. The van der Waals surface area contributed by atoms with Crippen molar-refractivity contribution in [3.63, 3.8) is 0 Å². The molecule has 0 bridgehead atoms. The summed E-state index contributed by atoms with van der Waals surface area (Å²) in [5.41, 5.74) is 0.260. The van der Waals surface area contributed by atoms with Gasteiger partial charge in [-0.2, -0.15) is 5.26 Å². The van der Waals surface area contributed by atoms with Gasteiger partial charge in [0.15, 0.2) is 11.0 Å². The van der Waals surface area contributed by atoms with Crippen molar-refractivity contribution in [1.82, 2.24) is 20.1 Å². The number of thioether (sulfide) groups is 1. The highest BCUT2D eigenvalue weighted by Gasteiger charge is 2.43. The number of hydrogen-bond acceptors (Lipinski definition) is 5. The molecule has 0 unspecified atom stereocenters. The maximum absolute atomic E-state index is 12.6. The fourth-order valence-electron chi connectivity index (χ4n) is 4.18. The average Bonchev–Trinajstić information content (AvgIpc) is 3.54. The van der Waals surface area contributed by atoms with Gasteiger partial charge in [-0.05, 0) is 50.7 Å². The molecular weight excluding hydrogens is 462 g/mol. The second-order valence-corrected chi connectivity index (χ2v) is 10.3. The summed E-state index contributed by atoms with van der Waals surface area (Å²) < 4.78 is 3.25. The summed E-state index contributed by atoms with van der Waals surface area (Å²) in [6, 6.07) is 10.7. The number of carbonyl (C=O) groups is 1. The van der Waals surface area contributed by atoms with Crippen molar-refractivity contribution in [2.45, 2.75) is 68.6 Å². The number of amides is 1. The van der Waals surface area contributed by atoms with Gasteiger partial charge in [-0.1, -0.05) is 59.1 Å². The zero-order chi connectivity index (χ0) is 21.1. The minimum absolute atomic E-state index is 0.126. The van der Waals surface area contributed by atoms with E-state index in [0.717, 1.165) is 46.7 Å². The van der Waals surface area contributed by atoms with Crippen LogP contribution >= 0.6 is 27.7 Å². The molecule has 0 saturated heterocycles. The molecule has 2 aromatic rings. The lowest BCUT2D eigenvalue weighted by molar-refractivity contribution is -0.119. The summed E-state index contributed by atoms with van der Waals surface area (Å²) in [6.45, 7) is 1.82. The number of aromatic nitrogens is 3. The maximum atomic E-state index is 12.6. The van der Waals surface area contributed by atoms with Crippen LogP contribution in [0, 0.1) is 17.2 Å². The first-order valence-corrected chi connectivity index (χ1v) is 12.3. The largest absolute Gasteiger partial charge is 0.337 e. The molecule has 1 heterocycles. The summed E-state index contributed by atoms with van der Waals surface area (Å²) in [6.07, 6.45) is 7.90. The zero-order valence-corrected chi connectivity index (χ0v) is 19.5. The van der Waals surface area contributed by atoms with Gasteiger partial charge in [-0.15, -0.1) is 10.2 Å². The molecule has 1 atom stereocenters. The van der Waals surface area contributed by atoms with E-state index in [0.29, 0.717) is 6.04 Å². The van der Waals surface area contributed by atoms with Crippen molar-refractivity contribution in [1.29, 1.82) is 5.26 Å². The van der Waals surface area contributed by atoms with Crippen molar-refractivity contribution in [3.05, 3.63) is 28.7 Å². The summed E-state index contributed by atoms with van der Waals surface area (Å²) in [5.74, 6) is 1.23. The lowest BCUT2D eigenvalue weighted by atomic mass is 9.95. The van der Waals surface area contributed by atoms with E-state index in [-0.39, 0.29) is 17.6 Å². The fourth-order valence-corrected chi connectivity index (χ4v) is 5.25. The first-order chi connectivity index (χ1) is 14.5. The number of benzene rings is 1.